The van der Waals surface area contributed by atoms with Gasteiger partial charge in [-0.3, -0.25) is 4.90 Å². The summed E-state index contributed by atoms with van der Waals surface area (Å²) in [4.78, 5) is 13.0. The van der Waals surface area contributed by atoms with Crippen molar-refractivity contribution in [3.63, 3.8) is 0 Å². The Kier molecular flexibility index (Phi) is 5.38. The number of benzene rings is 1. The Bertz CT molecular complexity index is 449. The molecule has 1 aromatic carbocycles. The lowest BCUT2D eigenvalue weighted by molar-refractivity contribution is -0.156. The van der Waals surface area contributed by atoms with E-state index in [0.29, 0.717) is 19.8 Å². The summed E-state index contributed by atoms with van der Waals surface area (Å²) in [5.74, 6) is 0.00102. The molecule has 1 unspecified atom stereocenters. The molecule has 1 atom stereocenters. The molecule has 1 fully saturated rings. The second-order valence-corrected chi connectivity index (χ2v) is 5.02. The average Bonchev–Trinajstić information content (AvgIpc) is 2.44. The van der Waals surface area contributed by atoms with Gasteiger partial charge in [0.15, 0.2) is 6.10 Å². The highest BCUT2D eigenvalue weighted by Gasteiger charge is 2.25. The molecule has 1 aliphatic rings. The topological polar surface area (TPSA) is 59.0 Å². The first-order valence-corrected chi connectivity index (χ1v) is 6.91. The maximum Gasteiger partial charge on any atom is 0.334 e. The normalized spacial score (nSPS) is 19.8. The molecular weight excluding hydrogens is 258 g/mol. The number of ether oxygens (including phenoxy) is 2. The van der Waals surface area contributed by atoms with Crippen molar-refractivity contribution in [1.82, 2.24) is 4.90 Å². The van der Waals surface area contributed by atoms with E-state index >= 15 is 0 Å². The number of morpholine rings is 1. The Labute approximate surface area is 119 Å². The van der Waals surface area contributed by atoms with E-state index in [1.807, 2.05) is 31.2 Å². The van der Waals surface area contributed by atoms with Gasteiger partial charge in [0.25, 0.3) is 0 Å². The standard InChI is InChI=1S/C15H21NO4/c1-12-4-2-5-13(10-12)19-8-3-6-16-7-9-20-14(11-16)15(17)18/h2,4-5,10,14H,3,6-9,11H2,1H3,(H,17,18). The molecule has 1 aliphatic heterocycles. The van der Waals surface area contributed by atoms with Crippen molar-refractivity contribution in [3.8, 4) is 5.75 Å². The first kappa shape index (κ1) is 14.8. The molecule has 0 aliphatic carbocycles. The summed E-state index contributed by atoms with van der Waals surface area (Å²) in [5, 5.41) is 8.93. The molecule has 0 spiro atoms. The van der Waals surface area contributed by atoms with Gasteiger partial charge in [-0.2, -0.15) is 0 Å². The van der Waals surface area contributed by atoms with Gasteiger partial charge in [0.2, 0.25) is 0 Å². The summed E-state index contributed by atoms with van der Waals surface area (Å²) in [6.07, 6.45) is 0.182. The zero-order valence-electron chi connectivity index (χ0n) is 11.7. The number of nitrogens with zero attached hydrogens (tertiary/aromatic N) is 1. The zero-order chi connectivity index (χ0) is 14.4. The summed E-state index contributed by atoms with van der Waals surface area (Å²) in [6.45, 7) is 5.23. The van der Waals surface area contributed by atoms with Crippen LogP contribution in [0.3, 0.4) is 0 Å². The molecule has 5 heteroatoms. The highest BCUT2D eigenvalue weighted by atomic mass is 16.5. The Balaban J connectivity index is 1.67. The van der Waals surface area contributed by atoms with E-state index in [9.17, 15) is 4.79 Å². The second-order valence-electron chi connectivity index (χ2n) is 5.02. The lowest BCUT2D eigenvalue weighted by Crippen LogP contribution is -2.46. The molecule has 0 bridgehead atoms. The van der Waals surface area contributed by atoms with Crippen molar-refractivity contribution >= 4 is 5.97 Å². The Hall–Kier alpha value is -1.59. The number of aryl methyl sites for hydroxylation is 1. The lowest BCUT2D eigenvalue weighted by Gasteiger charge is -2.30. The van der Waals surface area contributed by atoms with E-state index in [-0.39, 0.29) is 0 Å². The average molecular weight is 279 g/mol. The summed E-state index contributed by atoms with van der Waals surface area (Å²) >= 11 is 0. The Morgan fingerprint density at radius 1 is 1.55 bits per heavy atom. The van der Waals surface area contributed by atoms with Gasteiger partial charge in [0.1, 0.15) is 5.75 Å². The van der Waals surface area contributed by atoms with Crippen LogP contribution < -0.4 is 4.74 Å². The van der Waals surface area contributed by atoms with E-state index in [0.717, 1.165) is 25.3 Å². The van der Waals surface area contributed by atoms with Crippen LogP contribution in [0.15, 0.2) is 24.3 Å². The van der Waals surface area contributed by atoms with Crippen LogP contribution >= 0.6 is 0 Å². The van der Waals surface area contributed by atoms with Crippen LogP contribution in [0.5, 0.6) is 5.75 Å². The highest BCUT2D eigenvalue weighted by molar-refractivity contribution is 5.72. The zero-order valence-corrected chi connectivity index (χ0v) is 11.7. The molecule has 2 rings (SSSR count). The van der Waals surface area contributed by atoms with Gasteiger partial charge in [0, 0.05) is 19.6 Å². The van der Waals surface area contributed by atoms with Crippen molar-refractivity contribution < 1.29 is 19.4 Å². The van der Waals surface area contributed by atoms with E-state index < -0.39 is 12.1 Å². The first-order chi connectivity index (χ1) is 9.65. The highest BCUT2D eigenvalue weighted by Crippen LogP contribution is 2.13. The predicted molar refractivity (Wildman–Crippen MR) is 75.1 cm³/mol. The molecule has 20 heavy (non-hydrogen) atoms. The minimum Gasteiger partial charge on any atom is -0.494 e. The fourth-order valence-electron chi connectivity index (χ4n) is 2.24. The maximum absolute atomic E-state index is 10.9. The largest absolute Gasteiger partial charge is 0.494 e. The Morgan fingerprint density at radius 2 is 2.40 bits per heavy atom. The molecule has 0 amide bonds. The fraction of sp³-hybridized carbons (Fsp3) is 0.533. The van der Waals surface area contributed by atoms with E-state index in [1.54, 1.807) is 0 Å². The van der Waals surface area contributed by atoms with Crippen LogP contribution in [-0.4, -0.2) is 54.9 Å². The van der Waals surface area contributed by atoms with Crippen LogP contribution in [-0.2, 0) is 9.53 Å². The van der Waals surface area contributed by atoms with Gasteiger partial charge < -0.3 is 14.6 Å². The third-order valence-electron chi connectivity index (χ3n) is 3.30. The van der Waals surface area contributed by atoms with Crippen molar-refractivity contribution in [1.29, 1.82) is 0 Å². The van der Waals surface area contributed by atoms with Gasteiger partial charge in [-0.25, -0.2) is 4.79 Å². The molecule has 5 nitrogen and oxygen atoms in total. The van der Waals surface area contributed by atoms with Gasteiger partial charge in [-0.05, 0) is 31.0 Å². The van der Waals surface area contributed by atoms with Crippen LogP contribution in [0.1, 0.15) is 12.0 Å². The number of rotatable bonds is 6. The predicted octanol–water partition coefficient (Wildman–Crippen LogP) is 1.55. The molecular formula is C15H21NO4. The van der Waals surface area contributed by atoms with Crippen LogP contribution in [0.4, 0.5) is 0 Å². The number of aliphatic carboxylic acids is 1. The third kappa shape index (κ3) is 4.51. The van der Waals surface area contributed by atoms with E-state index in [2.05, 4.69) is 4.90 Å². The second kappa shape index (κ2) is 7.26. The smallest absolute Gasteiger partial charge is 0.334 e. The lowest BCUT2D eigenvalue weighted by atomic mass is 10.2. The number of hydrogen-bond acceptors (Lipinski definition) is 4. The van der Waals surface area contributed by atoms with Gasteiger partial charge >= 0.3 is 5.97 Å². The third-order valence-corrected chi connectivity index (χ3v) is 3.30. The number of carboxylic acid groups (broad SMARTS) is 1. The summed E-state index contributed by atoms with van der Waals surface area (Å²) in [5.41, 5.74) is 1.18. The van der Waals surface area contributed by atoms with Crippen molar-refractivity contribution in [2.45, 2.75) is 19.4 Å². The van der Waals surface area contributed by atoms with Crippen LogP contribution in [0, 0.1) is 6.92 Å². The molecule has 0 saturated carbocycles. The van der Waals surface area contributed by atoms with E-state index in [1.165, 1.54) is 5.56 Å². The molecule has 0 aromatic heterocycles. The first-order valence-electron chi connectivity index (χ1n) is 6.91. The quantitative estimate of drug-likeness (QED) is 0.801. The SMILES string of the molecule is Cc1cccc(OCCCN2CCOC(C(=O)O)C2)c1. The van der Waals surface area contributed by atoms with Gasteiger partial charge in [-0.1, -0.05) is 12.1 Å². The molecule has 1 N–H and O–H groups in total. The maximum atomic E-state index is 10.9. The van der Waals surface area contributed by atoms with Gasteiger partial charge in [-0.15, -0.1) is 0 Å². The fourth-order valence-corrected chi connectivity index (χ4v) is 2.24. The minimum absolute atomic E-state index is 0.458. The Morgan fingerprint density at radius 3 is 3.15 bits per heavy atom. The molecule has 1 saturated heterocycles. The molecule has 0 radical (unpaired) electrons. The van der Waals surface area contributed by atoms with Crippen LogP contribution in [0.2, 0.25) is 0 Å². The monoisotopic (exact) mass is 279 g/mol. The van der Waals surface area contributed by atoms with Crippen molar-refractivity contribution in [2.24, 2.45) is 0 Å². The number of carbonyl (C=O) groups is 1. The minimum atomic E-state index is -0.884. The summed E-state index contributed by atoms with van der Waals surface area (Å²) in [7, 11) is 0. The summed E-state index contributed by atoms with van der Waals surface area (Å²) in [6, 6.07) is 7.97. The van der Waals surface area contributed by atoms with Gasteiger partial charge in [0.05, 0.1) is 13.2 Å². The van der Waals surface area contributed by atoms with Crippen molar-refractivity contribution in [2.75, 3.05) is 32.8 Å². The van der Waals surface area contributed by atoms with Crippen molar-refractivity contribution in [3.05, 3.63) is 29.8 Å². The molecule has 1 aromatic rings. The molecule has 1 heterocycles. The van der Waals surface area contributed by atoms with E-state index in [4.69, 9.17) is 14.6 Å². The molecule has 110 valence electrons. The number of carboxylic acids is 1. The number of hydrogen-bond donors (Lipinski definition) is 1. The van der Waals surface area contributed by atoms with Crippen LogP contribution in [0.25, 0.3) is 0 Å². The summed E-state index contributed by atoms with van der Waals surface area (Å²) < 4.78 is 10.9.